The molecule has 0 aliphatic carbocycles. The van der Waals surface area contributed by atoms with Crippen LogP contribution in [-0.2, 0) is 5.88 Å². The Morgan fingerprint density at radius 2 is 1.68 bits per heavy atom. The molecule has 1 aliphatic rings. The highest BCUT2D eigenvalue weighted by Crippen LogP contribution is 2.19. The van der Waals surface area contributed by atoms with Crippen molar-refractivity contribution in [3.63, 3.8) is 0 Å². The van der Waals surface area contributed by atoms with E-state index in [9.17, 15) is 0 Å². The average molecular weight is 279 g/mol. The van der Waals surface area contributed by atoms with Crippen LogP contribution in [0.5, 0.6) is 0 Å². The summed E-state index contributed by atoms with van der Waals surface area (Å²) in [6, 6.07) is 11.0. The number of halogens is 1. The summed E-state index contributed by atoms with van der Waals surface area (Å²) in [4.78, 5) is 4.46. The number of piperazine rings is 1. The summed E-state index contributed by atoms with van der Waals surface area (Å²) in [5, 5.41) is 7.90. The third-order valence-electron chi connectivity index (χ3n) is 3.24. The molecule has 19 heavy (non-hydrogen) atoms. The van der Waals surface area contributed by atoms with E-state index in [0.29, 0.717) is 11.9 Å². The topological polar surface area (TPSA) is 45.4 Å². The van der Waals surface area contributed by atoms with Gasteiger partial charge in [0.15, 0.2) is 0 Å². The van der Waals surface area contributed by atoms with E-state index in [-0.39, 0.29) is 5.88 Å². The fraction of sp³-hybridized carbons (Fsp3) is 0.385. The predicted octanol–water partition coefficient (Wildman–Crippen LogP) is 2.13. The Balaban J connectivity index is 1.63. The molecule has 0 unspecified atom stereocenters. The molecule has 1 fully saturated rings. The first-order valence-electron chi connectivity index (χ1n) is 6.30. The number of hydrogen-bond donors (Lipinski definition) is 0. The minimum atomic E-state index is 0.261. The molecule has 0 amide bonds. The first-order chi connectivity index (χ1) is 9.36. The van der Waals surface area contributed by atoms with Crippen molar-refractivity contribution < 1.29 is 4.42 Å². The zero-order chi connectivity index (χ0) is 13.1. The van der Waals surface area contributed by atoms with Crippen molar-refractivity contribution in [3.8, 4) is 0 Å². The summed E-state index contributed by atoms with van der Waals surface area (Å²) in [6.07, 6.45) is 0. The smallest absolute Gasteiger partial charge is 0.318 e. The van der Waals surface area contributed by atoms with E-state index < -0.39 is 0 Å². The van der Waals surface area contributed by atoms with E-state index in [1.165, 1.54) is 5.69 Å². The average Bonchev–Trinajstić information content (AvgIpc) is 2.97. The summed E-state index contributed by atoms with van der Waals surface area (Å²) < 4.78 is 5.47. The standard InChI is InChI=1S/C13H15ClN4O/c14-10-12-15-16-13(19-12)18-8-6-17(7-9-18)11-4-2-1-3-5-11/h1-5H,6-10H2. The van der Waals surface area contributed by atoms with Gasteiger partial charge in [0.05, 0.1) is 0 Å². The Kier molecular flexibility index (Phi) is 3.55. The van der Waals surface area contributed by atoms with Crippen LogP contribution in [0.1, 0.15) is 5.89 Å². The Morgan fingerprint density at radius 1 is 1.00 bits per heavy atom. The van der Waals surface area contributed by atoms with Gasteiger partial charge in [-0.2, -0.15) is 0 Å². The van der Waals surface area contributed by atoms with Crippen LogP contribution < -0.4 is 9.80 Å². The van der Waals surface area contributed by atoms with Crippen molar-refractivity contribution in [2.24, 2.45) is 0 Å². The molecule has 0 radical (unpaired) electrons. The number of alkyl halides is 1. The molecule has 3 rings (SSSR count). The van der Waals surface area contributed by atoms with Crippen LogP contribution in [0.15, 0.2) is 34.7 Å². The number of benzene rings is 1. The Bertz CT molecular complexity index is 522. The molecular weight excluding hydrogens is 264 g/mol. The molecule has 5 nitrogen and oxygen atoms in total. The van der Waals surface area contributed by atoms with Crippen LogP contribution in [0.2, 0.25) is 0 Å². The lowest BCUT2D eigenvalue weighted by molar-refractivity contribution is 0.488. The van der Waals surface area contributed by atoms with Gasteiger partial charge < -0.3 is 14.2 Å². The van der Waals surface area contributed by atoms with Crippen LogP contribution in [0.25, 0.3) is 0 Å². The third kappa shape index (κ3) is 2.66. The number of aromatic nitrogens is 2. The van der Waals surface area contributed by atoms with E-state index in [0.717, 1.165) is 26.2 Å². The van der Waals surface area contributed by atoms with Gasteiger partial charge in [0, 0.05) is 31.9 Å². The molecule has 2 heterocycles. The van der Waals surface area contributed by atoms with Gasteiger partial charge in [-0.1, -0.05) is 23.3 Å². The van der Waals surface area contributed by atoms with Gasteiger partial charge in [0.25, 0.3) is 0 Å². The van der Waals surface area contributed by atoms with Gasteiger partial charge in [-0.15, -0.1) is 16.7 Å². The minimum absolute atomic E-state index is 0.261. The number of nitrogens with zero attached hydrogens (tertiary/aromatic N) is 4. The molecule has 6 heteroatoms. The molecule has 0 N–H and O–H groups in total. The zero-order valence-electron chi connectivity index (χ0n) is 10.5. The van der Waals surface area contributed by atoms with E-state index in [1.54, 1.807) is 0 Å². The van der Waals surface area contributed by atoms with Crippen LogP contribution in [0.4, 0.5) is 11.7 Å². The highest BCUT2D eigenvalue weighted by molar-refractivity contribution is 6.16. The second kappa shape index (κ2) is 5.48. The quantitative estimate of drug-likeness (QED) is 0.805. The van der Waals surface area contributed by atoms with Gasteiger partial charge in [-0.3, -0.25) is 0 Å². The highest BCUT2D eigenvalue weighted by Gasteiger charge is 2.21. The Hall–Kier alpha value is -1.75. The van der Waals surface area contributed by atoms with Crippen molar-refractivity contribution >= 4 is 23.3 Å². The molecule has 1 aromatic carbocycles. The lowest BCUT2D eigenvalue weighted by atomic mass is 10.2. The van der Waals surface area contributed by atoms with E-state index in [2.05, 4.69) is 44.3 Å². The Morgan fingerprint density at radius 3 is 2.32 bits per heavy atom. The maximum atomic E-state index is 5.66. The lowest BCUT2D eigenvalue weighted by Gasteiger charge is -2.35. The molecule has 100 valence electrons. The molecule has 1 aromatic heterocycles. The maximum Gasteiger partial charge on any atom is 0.318 e. The van der Waals surface area contributed by atoms with Crippen molar-refractivity contribution in [2.75, 3.05) is 36.0 Å². The second-order valence-electron chi connectivity index (χ2n) is 4.42. The first-order valence-corrected chi connectivity index (χ1v) is 6.83. The SMILES string of the molecule is ClCc1nnc(N2CCN(c3ccccc3)CC2)o1. The van der Waals surface area contributed by atoms with Gasteiger partial charge in [-0.05, 0) is 12.1 Å². The zero-order valence-corrected chi connectivity index (χ0v) is 11.3. The second-order valence-corrected chi connectivity index (χ2v) is 4.69. The number of para-hydroxylation sites is 1. The van der Waals surface area contributed by atoms with Crippen LogP contribution in [0.3, 0.4) is 0 Å². The third-order valence-corrected chi connectivity index (χ3v) is 3.47. The fourth-order valence-electron chi connectivity index (χ4n) is 2.22. The van der Waals surface area contributed by atoms with Crippen LogP contribution in [0, 0.1) is 0 Å². The van der Waals surface area contributed by atoms with Crippen molar-refractivity contribution in [1.29, 1.82) is 0 Å². The van der Waals surface area contributed by atoms with Crippen LogP contribution in [-0.4, -0.2) is 36.4 Å². The van der Waals surface area contributed by atoms with Crippen LogP contribution >= 0.6 is 11.6 Å². The minimum Gasteiger partial charge on any atom is -0.407 e. The molecule has 0 saturated carbocycles. The highest BCUT2D eigenvalue weighted by atomic mass is 35.5. The van der Waals surface area contributed by atoms with Gasteiger partial charge >= 0.3 is 6.01 Å². The molecule has 1 saturated heterocycles. The number of anilines is 2. The largest absolute Gasteiger partial charge is 0.407 e. The first kappa shape index (κ1) is 12.3. The molecule has 2 aromatic rings. The maximum absolute atomic E-state index is 5.66. The molecule has 0 atom stereocenters. The molecular formula is C13H15ClN4O. The fourth-order valence-corrected chi connectivity index (χ4v) is 2.33. The van der Waals surface area contributed by atoms with Crippen molar-refractivity contribution in [3.05, 3.63) is 36.2 Å². The van der Waals surface area contributed by atoms with Crippen molar-refractivity contribution in [2.45, 2.75) is 5.88 Å². The van der Waals surface area contributed by atoms with Gasteiger partial charge in [-0.25, -0.2) is 0 Å². The summed E-state index contributed by atoms with van der Waals surface area (Å²) in [7, 11) is 0. The predicted molar refractivity (Wildman–Crippen MR) is 74.7 cm³/mol. The van der Waals surface area contributed by atoms with Gasteiger partial charge in [0.1, 0.15) is 5.88 Å². The Labute approximate surface area is 116 Å². The number of hydrogen-bond acceptors (Lipinski definition) is 5. The number of rotatable bonds is 3. The molecule has 0 bridgehead atoms. The van der Waals surface area contributed by atoms with E-state index in [4.69, 9.17) is 16.0 Å². The van der Waals surface area contributed by atoms with E-state index >= 15 is 0 Å². The van der Waals surface area contributed by atoms with Crippen molar-refractivity contribution in [1.82, 2.24) is 10.2 Å². The lowest BCUT2D eigenvalue weighted by Crippen LogP contribution is -2.46. The summed E-state index contributed by atoms with van der Waals surface area (Å²) in [6.45, 7) is 3.64. The summed E-state index contributed by atoms with van der Waals surface area (Å²) >= 11 is 5.66. The normalized spacial score (nSPS) is 15.8. The monoisotopic (exact) mass is 278 g/mol. The summed E-state index contributed by atoms with van der Waals surface area (Å²) in [5.74, 6) is 0.735. The molecule has 0 spiro atoms. The molecule has 1 aliphatic heterocycles. The summed E-state index contributed by atoms with van der Waals surface area (Å²) in [5.41, 5.74) is 1.26. The van der Waals surface area contributed by atoms with Gasteiger partial charge in [0.2, 0.25) is 5.89 Å². The van der Waals surface area contributed by atoms with E-state index in [1.807, 2.05) is 6.07 Å².